The second-order valence-electron chi connectivity index (χ2n) is 7.78. The van der Waals surface area contributed by atoms with Gasteiger partial charge in [-0.3, -0.25) is 4.90 Å². The molecule has 1 aromatic heterocycles. The van der Waals surface area contributed by atoms with Crippen LogP contribution in [0.25, 0.3) is 10.9 Å². The molecule has 2 aromatic carbocycles. The summed E-state index contributed by atoms with van der Waals surface area (Å²) >= 11 is 6.17. The number of aromatic nitrogens is 1. The van der Waals surface area contributed by atoms with E-state index in [4.69, 9.17) is 21.3 Å². The normalized spacial score (nSPS) is 15.7. The molecule has 152 valence electrons. The number of aliphatic hydroxyl groups excluding tert-OH is 1. The number of hydrogen-bond donors (Lipinski definition) is 1. The summed E-state index contributed by atoms with van der Waals surface area (Å²) in [5.74, 6) is 1.13. The standard InChI is InChI=1S/C24H27ClN2O2/c25-22-7-6-20-14-21(16-27-11-8-19(17-28)9-12-27)24(26-23(20)15-22)29-13-10-18-4-2-1-3-5-18/h1-7,14-15,19,28H,8-13,16-17H2. The molecule has 2 heterocycles. The molecule has 5 heteroatoms. The molecule has 4 nitrogen and oxygen atoms in total. The zero-order valence-corrected chi connectivity index (χ0v) is 17.3. The lowest BCUT2D eigenvalue weighted by atomic mass is 9.97. The van der Waals surface area contributed by atoms with Crippen molar-refractivity contribution in [1.29, 1.82) is 0 Å². The van der Waals surface area contributed by atoms with Crippen LogP contribution in [0.1, 0.15) is 24.0 Å². The molecule has 0 spiro atoms. The first-order chi connectivity index (χ1) is 14.2. The largest absolute Gasteiger partial charge is 0.477 e. The van der Waals surface area contributed by atoms with E-state index in [-0.39, 0.29) is 0 Å². The molecule has 0 aliphatic carbocycles. The molecule has 1 aliphatic rings. The van der Waals surface area contributed by atoms with Crippen LogP contribution in [0.2, 0.25) is 5.02 Å². The summed E-state index contributed by atoms with van der Waals surface area (Å²) in [6.45, 7) is 3.67. The Morgan fingerprint density at radius 3 is 2.62 bits per heavy atom. The van der Waals surface area contributed by atoms with Crippen molar-refractivity contribution in [3.8, 4) is 5.88 Å². The summed E-state index contributed by atoms with van der Waals surface area (Å²) in [6, 6.07) is 18.3. The van der Waals surface area contributed by atoms with Gasteiger partial charge in [-0.05, 0) is 55.6 Å². The first-order valence-electron chi connectivity index (χ1n) is 10.3. The van der Waals surface area contributed by atoms with E-state index in [0.29, 0.717) is 30.0 Å². The maximum absolute atomic E-state index is 9.38. The van der Waals surface area contributed by atoms with Gasteiger partial charge >= 0.3 is 0 Å². The Morgan fingerprint density at radius 1 is 1.07 bits per heavy atom. The molecule has 0 radical (unpaired) electrons. The first-order valence-corrected chi connectivity index (χ1v) is 10.7. The van der Waals surface area contributed by atoms with Gasteiger partial charge in [0.25, 0.3) is 0 Å². The molecular weight excluding hydrogens is 384 g/mol. The minimum absolute atomic E-state index is 0.292. The predicted molar refractivity (Wildman–Crippen MR) is 117 cm³/mol. The second kappa shape index (κ2) is 9.57. The van der Waals surface area contributed by atoms with Gasteiger partial charge in [-0.2, -0.15) is 0 Å². The van der Waals surface area contributed by atoms with Gasteiger partial charge < -0.3 is 9.84 Å². The Bertz CT molecular complexity index is 940. The highest BCUT2D eigenvalue weighted by molar-refractivity contribution is 6.31. The first kappa shape index (κ1) is 20.1. The lowest BCUT2D eigenvalue weighted by molar-refractivity contribution is 0.126. The number of aliphatic hydroxyl groups is 1. The Morgan fingerprint density at radius 2 is 1.86 bits per heavy atom. The van der Waals surface area contributed by atoms with Crippen LogP contribution in [-0.2, 0) is 13.0 Å². The Kier molecular flexibility index (Phi) is 6.65. The fourth-order valence-electron chi connectivity index (χ4n) is 3.88. The highest BCUT2D eigenvalue weighted by Crippen LogP contribution is 2.27. The SMILES string of the molecule is OCC1CCN(Cc2cc3ccc(Cl)cc3nc2OCCc2ccccc2)CC1. The molecule has 0 atom stereocenters. The van der Waals surface area contributed by atoms with Crippen LogP contribution >= 0.6 is 11.6 Å². The average Bonchev–Trinajstić information content (AvgIpc) is 2.75. The van der Waals surface area contributed by atoms with Crippen LogP contribution in [-0.4, -0.2) is 41.3 Å². The number of pyridine rings is 1. The number of nitrogens with zero attached hydrogens (tertiary/aromatic N) is 2. The van der Waals surface area contributed by atoms with Crippen molar-refractivity contribution in [3.05, 3.63) is 70.7 Å². The van der Waals surface area contributed by atoms with Crippen LogP contribution < -0.4 is 4.74 Å². The maximum atomic E-state index is 9.38. The Hall–Kier alpha value is -2.14. The summed E-state index contributed by atoms with van der Waals surface area (Å²) in [4.78, 5) is 7.22. The average molecular weight is 411 g/mol. The minimum Gasteiger partial charge on any atom is -0.477 e. The molecule has 1 N–H and O–H groups in total. The molecule has 0 unspecified atom stereocenters. The Labute approximate surface area is 177 Å². The van der Waals surface area contributed by atoms with E-state index >= 15 is 0 Å². The topological polar surface area (TPSA) is 45.6 Å². The second-order valence-corrected chi connectivity index (χ2v) is 8.21. The van der Waals surface area contributed by atoms with Crippen molar-refractivity contribution in [2.24, 2.45) is 5.92 Å². The molecule has 0 bridgehead atoms. The molecule has 1 aliphatic heterocycles. The molecule has 0 amide bonds. The fourth-order valence-corrected chi connectivity index (χ4v) is 4.05. The van der Waals surface area contributed by atoms with Crippen LogP contribution in [0, 0.1) is 5.92 Å². The fraction of sp³-hybridized carbons (Fsp3) is 0.375. The number of rotatable bonds is 7. The third-order valence-electron chi connectivity index (χ3n) is 5.65. The summed E-state index contributed by atoms with van der Waals surface area (Å²) in [5.41, 5.74) is 3.22. The van der Waals surface area contributed by atoms with Gasteiger partial charge in [0.1, 0.15) is 0 Å². The zero-order chi connectivity index (χ0) is 20.1. The van der Waals surface area contributed by atoms with Gasteiger partial charge in [0.2, 0.25) is 5.88 Å². The summed E-state index contributed by atoms with van der Waals surface area (Å²) < 4.78 is 6.15. The lowest BCUT2D eigenvalue weighted by Gasteiger charge is -2.31. The van der Waals surface area contributed by atoms with Gasteiger partial charge in [-0.25, -0.2) is 4.98 Å². The molecule has 1 fully saturated rings. The van der Waals surface area contributed by atoms with Crippen molar-refractivity contribution in [2.45, 2.75) is 25.8 Å². The van der Waals surface area contributed by atoms with E-state index in [2.05, 4.69) is 23.1 Å². The number of fused-ring (bicyclic) bond motifs is 1. The Balaban J connectivity index is 1.52. The van der Waals surface area contributed by atoms with Gasteiger partial charge in [-0.1, -0.05) is 48.0 Å². The summed E-state index contributed by atoms with van der Waals surface area (Å²) in [5, 5.41) is 11.1. The molecular formula is C24H27ClN2O2. The van der Waals surface area contributed by atoms with Crippen LogP contribution in [0.5, 0.6) is 5.88 Å². The highest BCUT2D eigenvalue weighted by atomic mass is 35.5. The smallest absolute Gasteiger partial charge is 0.218 e. The van der Waals surface area contributed by atoms with Crippen molar-refractivity contribution in [2.75, 3.05) is 26.3 Å². The predicted octanol–water partition coefficient (Wildman–Crippen LogP) is 4.71. The number of likely N-dealkylation sites (tertiary alicyclic amines) is 1. The lowest BCUT2D eigenvalue weighted by Crippen LogP contribution is -2.34. The quantitative estimate of drug-likeness (QED) is 0.612. The van der Waals surface area contributed by atoms with Gasteiger partial charge in [-0.15, -0.1) is 0 Å². The molecule has 29 heavy (non-hydrogen) atoms. The van der Waals surface area contributed by atoms with E-state index in [0.717, 1.165) is 55.4 Å². The highest BCUT2D eigenvalue weighted by Gasteiger charge is 2.20. The van der Waals surface area contributed by atoms with Crippen molar-refractivity contribution in [1.82, 2.24) is 9.88 Å². The molecule has 3 aromatic rings. The summed E-state index contributed by atoms with van der Waals surface area (Å²) in [7, 11) is 0. The van der Waals surface area contributed by atoms with E-state index in [9.17, 15) is 5.11 Å². The van der Waals surface area contributed by atoms with Crippen molar-refractivity contribution in [3.63, 3.8) is 0 Å². The summed E-state index contributed by atoms with van der Waals surface area (Å²) in [6.07, 6.45) is 2.92. The molecule has 4 rings (SSSR count). The maximum Gasteiger partial charge on any atom is 0.218 e. The van der Waals surface area contributed by atoms with Crippen LogP contribution in [0.4, 0.5) is 0 Å². The third kappa shape index (κ3) is 5.27. The van der Waals surface area contributed by atoms with E-state index in [1.165, 1.54) is 5.56 Å². The van der Waals surface area contributed by atoms with E-state index in [1.54, 1.807) is 0 Å². The van der Waals surface area contributed by atoms with Crippen LogP contribution in [0.15, 0.2) is 54.6 Å². The monoisotopic (exact) mass is 410 g/mol. The van der Waals surface area contributed by atoms with Crippen molar-refractivity contribution < 1.29 is 9.84 Å². The van der Waals surface area contributed by atoms with Gasteiger partial charge in [0.15, 0.2) is 0 Å². The number of piperidine rings is 1. The van der Waals surface area contributed by atoms with Crippen molar-refractivity contribution >= 4 is 22.5 Å². The van der Waals surface area contributed by atoms with E-state index < -0.39 is 0 Å². The number of benzene rings is 2. The number of halogens is 1. The third-order valence-corrected chi connectivity index (χ3v) is 5.89. The number of ether oxygens (including phenoxy) is 1. The molecule has 1 saturated heterocycles. The van der Waals surface area contributed by atoms with Crippen LogP contribution in [0.3, 0.4) is 0 Å². The molecule has 0 saturated carbocycles. The van der Waals surface area contributed by atoms with E-state index in [1.807, 2.05) is 36.4 Å². The minimum atomic E-state index is 0.292. The number of hydrogen-bond acceptors (Lipinski definition) is 4. The van der Waals surface area contributed by atoms with Gasteiger partial charge in [0, 0.05) is 35.5 Å². The van der Waals surface area contributed by atoms with Gasteiger partial charge in [0.05, 0.1) is 12.1 Å². The zero-order valence-electron chi connectivity index (χ0n) is 16.6.